The third-order valence-electron chi connectivity index (χ3n) is 6.63. The molecule has 0 saturated carbocycles. The SMILES string of the molecule is COC(=O)CC(C)c1ccc(Cn2ccnc(-c3ccc(NC(=O)Nc4ccccc4C)c(OC)c3)c2=O)cc1. The number of aryl methyl sites for hydroxylation is 1. The quantitative estimate of drug-likeness (QED) is 0.268. The van der Waals surface area contributed by atoms with Gasteiger partial charge in [0.2, 0.25) is 0 Å². The lowest BCUT2D eigenvalue weighted by molar-refractivity contribution is -0.140. The number of benzene rings is 3. The zero-order chi connectivity index (χ0) is 28.6. The van der Waals surface area contributed by atoms with Gasteiger partial charge in [0.05, 0.1) is 32.9 Å². The molecule has 1 atom stereocenters. The van der Waals surface area contributed by atoms with Gasteiger partial charge in [-0.2, -0.15) is 0 Å². The molecule has 0 spiro atoms. The molecule has 9 heteroatoms. The van der Waals surface area contributed by atoms with Crippen molar-refractivity contribution in [3.05, 3.63) is 106 Å². The predicted molar refractivity (Wildman–Crippen MR) is 155 cm³/mol. The molecule has 1 aromatic heterocycles. The van der Waals surface area contributed by atoms with E-state index in [1.165, 1.54) is 14.2 Å². The minimum absolute atomic E-state index is 0.0257. The van der Waals surface area contributed by atoms with E-state index in [1.54, 1.807) is 35.2 Å². The molecule has 0 bridgehead atoms. The van der Waals surface area contributed by atoms with Gasteiger partial charge in [0, 0.05) is 23.6 Å². The average molecular weight is 541 g/mol. The van der Waals surface area contributed by atoms with Gasteiger partial charge in [-0.1, -0.05) is 55.5 Å². The molecule has 206 valence electrons. The Kier molecular flexibility index (Phi) is 8.96. The molecule has 40 heavy (non-hydrogen) atoms. The largest absolute Gasteiger partial charge is 0.495 e. The number of hydrogen-bond acceptors (Lipinski definition) is 6. The summed E-state index contributed by atoms with van der Waals surface area (Å²) in [6.07, 6.45) is 3.53. The number of carbonyl (C=O) groups is 2. The molecule has 2 amide bonds. The van der Waals surface area contributed by atoms with Crippen LogP contribution in [0.3, 0.4) is 0 Å². The Labute approximate surface area is 232 Å². The number of amides is 2. The Bertz CT molecular complexity index is 1560. The topological polar surface area (TPSA) is 112 Å². The Morgan fingerprint density at radius 2 is 1.70 bits per heavy atom. The van der Waals surface area contributed by atoms with Gasteiger partial charge in [0.15, 0.2) is 0 Å². The van der Waals surface area contributed by atoms with Gasteiger partial charge < -0.3 is 24.7 Å². The van der Waals surface area contributed by atoms with E-state index in [1.807, 2.05) is 62.4 Å². The fraction of sp³-hybridized carbons (Fsp3) is 0.226. The number of esters is 1. The van der Waals surface area contributed by atoms with E-state index in [0.29, 0.717) is 35.7 Å². The summed E-state index contributed by atoms with van der Waals surface area (Å²) in [6.45, 7) is 4.24. The summed E-state index contributed by atoms with van der Waals surface area (Å²) in [7, 11) is 2.88. The highest BCUT2D eigenvalue weighted by molar-refractivity contribution is 6.01. The molecule has 0 radical (unpaired) electrons. The number of para-hydroxylation sites is 1. The maximum atomic E-state index is 13.3. The second-order valence-electron chi connectivity index (χ2n) is 9.44. The molecule has 1 heterocycles. The van der Waals surface area contributed by atoms with Crippen molar-refractivity contribution in [1.82, 2.24) is 9.55 Å². The molecule has 0 aliphatic rings. The molecule has 9 nitrogen and oxygen atoms in total. The zero-order valence-electron chi connectivity index (χ0n) is 22.9. The lowest BCUT2D eigenvalue weighted by Crippen LogP contribution is -2.23. The van der Waals surface area contributed by atoms with E-state index >= 15 is 0 Å². The summed E-state index contributed by atoms with van der Waals surface area (Å²) in [4.78, 5) is 41.8. The van der Waals surface area contributed by atoms with Crippen molar-refractivity contribution in [3.63, 3.8) is 0 Å². The molecule has 0 aliphatic carbocycles. The summed E-state index contributed by atoms with van der Waals surface area (Å²) < 4.78 is 11.8. The normalized spacial score (nSPS) is 11.4. The van der Waals surface area contributed by atoms with Crippen LogP contribution in [0.1, 0.15) is 36.0 Å². The monoisotopic (exact) mass is 540 g/mol. The van der Waals surface area contributed by atoms with Crippen molar-refractivity contribution in [3.8, 4) is 17.0 Å². The molecule has 3 aromatic carbocycles. The number of nitrogens with zero attached hydrogens (tertiary/aromatic N) is 2. The lowest BCUT2D eigenvalue weighted by atomic mass is 9.97. The third kappa shape index (κ3) is 6.74. The number of anilines is 2. The number of methoxy groups -OCH3 is 2. The van der Waals surface area contributed by atoms with E-state index in [9.17, 15) is 14.4 Å². The Balaban J connectivity index is 1.50. The highest BCUT2D eigenvalue weighted by Gasteiger charge is 2.15. The van der Waals surface area contributed by atoms with Gasteiger partial charge in [0.25, 0.3) is 5.56 Å². The van der Waals surface area contributed by atoms with Crippen LogP contribution in [-0.2, 0) is 16.1 Å². The smallest absolute Gasteiger partial charge is 0.323 e. The second kappa shape index (κ2) is 12.8. The van der Waals surface area contributed by atoms with Crippen LogP contribution < -0.4 is 20.9 Å². The molecular formula is C31H32N4O5. The van der Waals surface area contributed by atoms with E-state index in [4.69, 9.17) is 9.47 Å². The number of carbonyl (C=O) groups excluding carboxylic acids is 2. The van der Waals surface area contributed by atoms with Crippen molar-refractivity contribution in [2.45, 2.75) is 32.7 Å². The van der Waals surface area contributed by atoms with Crippen LogP contribution in [0.4, 0.5) is 16.2 Å². The molecule has 4 rings (SSSR count). The van der Waals surface area contributed by atoms with Crippen molar-refractivity contribution in [1.29, 1.82) is 0 Å². The number of ether oxygens (including phenoxy) is 2. The first kappa shape index (κ1) is 28.1. The zero-order valence-corrected chi connectivity index (χ0v) is 22.9. The number of hydrogen-bond donors (Lipinski definition) is 2. The van der Waals surface area contributed by atoms with Crippen LogP contribution in [0.25, 0.3) is 11.3 Å². The fourth-order valence-electron chi connectivity index (χ4n) is 4.30. The van der Waals surface area contributed by atoms with Gasteiger partial charge in [-0.05, 0) is 47.7 Å². The number of nitrogens with one attached hydrogen (secondary N) is 2. The molecule has 0 saturated heterocycles. The van der Waals surface area contributed by atoms with E-state index < -0.39 is 6.03 Å². The van der Waals surface area contributed by atoms with Crippen molar-refractivity contribution >= 4 is 23.4 Å². The molecule has 4 aromatic rings. The minimum Gasteiger partial charge on any atom is -0.495 e. The van der Waals surface area contributed by atoms with Crippen molar-refractivity contribution < 1.29 is 19.1 Å². The van der Waals surface area contributed by atoms with Crippen LogP contribution in [-0.4, -0.2) is 35.8 Å². The Hall–Kier alpha value is -4.92. The van der Waals surface area contributed by atoms with Crippen LogP contribution in [0, 0.1) is 6.92 Å². The summed E-state index contributed by atoms with van der Waals surface area (Å²) >= 11 is 0. The maximum absolute atomic E-state index is 13.3. The molecule has 0 aliphatic heterocycles. The first-order valence-corrected chi connectivity index (χ1v) is 12.8. The van der Waals surface area contributed by atoms with E-state index in [0.717, 1.165) is 16.7 Å². The molecule has 0 fully saturated rings. The van der Waals surface area contributed by atoms with Gasteiger partial charge in [-0.15, -0.1) is 0 Å². The number of rotatable bonds is 9. The highest BCUT2D eigenvalue weighted by Crippen LogP contribution is 2.29. The van der Waals surface area contributed by atoms with E-state index in [2.05, 4.69) is 15.6 Å². The van der Waals surface area contributed by atoms with E-state index in [-0.39, 0.29) is 23.1 Å². The van der Waals surface area contributed by atoms with Gasteiger partial charge in [0.1, 0.15) is 11.4 Å². The highest BCUT2D eigenvalue weighted by atomic mass is 16.5. The molecule has 1 unspecified atom stereocenters. The van der Waals surface area contributed by atoms with Crippen LogP contribution in [0.15, 0.2) is 83.9 Å². The summed E-state index contributed by atoms with van der Waals surface area (Å²) in [6, 6.07) is 20.0. The molecular weight excluding hydrogens is 508 g/mol. The second-order valence-corrected chi connectivity index (χ2v) is 9.44. The molecule has 2 N–H and O–H groups in total. The first-order valence-electron chi connectivity index (χ1n) is 12.8. The summed E-state index contributed by atoms with van der Waals surface area (Å²) in [5.41, 5.74) is 4.62. The summed E-state index contributed by atoms with van der Waals surface area (Å²) in [5.74, 6) is 0.168. The van der Waals surface area contributed by atoms with Crippen LogP contribution in [0.5, 0.6) is 5.75 Å². The average Bonchev–Trinajstić information content (AvgIpc) is 2.96. The number of urea groups is 1. The predicted octanol–water partition coefficient (Wildman–Crippen LogP) is 5.59. The first-order chi connectivity index (χ1) is 19.3. The van der Waals surface area contributed by atoms with Crippen LogP contribution >= 0.6 is 0 Å². The minimum atomic E-state index is -0.411. The lowest BCUT2D eigenvalue weighted by Gasteiger charge is -2.14. The third-order valence-corrected chi connectivity index (χ3v) is 6.63. The summed E-state index contributed by atoms with van der Waals surface area (Å²) in [5, 5.41) is 5.62. The van der Waals surface area contributed by atoms with Crippen LogP contribution in [0.2, 0.25) is 0 Å². The van der Waals surface area contributed by atoms with Gasteiger partial charge >= 0.3 is 12.0 Å². The Morgan fingerprint density at radius 1 is 0.975 bits per heavy atom. The maximum Gasteiger partial charge on any atom is 0.323 e. The van der Waals surface area contributed by atoms with Crippen molar-refractivity contribution in [2.24, 2.45) is 0 Å². The number of aromatic nitrogens is 2. The van der Waals surface area contributed by atoms with Crippen molar-refractivity contribution in [2.75, 3.05) is 24.9 Å². The Morgan fingerprint density at radius 3 is 2.40 bits per heavy atom. The van der Waals surface area contributed by atoms with Gasteiger partial charge in [-0.3, -0.25) is 9.59 Å². The fourth-order valence-corrected chi connectivity index (χ4v) is 4.30. The van der Waals surface area contributed by atoms with Gasteiger partial charge in [-0.25, -0.2) is 9.78 Å². The standard InChI is InChI=1S/C31H32N4O5/c1-20-7-5-6-8-25(20)33-31(38)34-26-14-13-24(18-27(26)39-3)29-30(37)35(16-15-32-29)19-22-9-11-23(12-10-22)21(2)17-28(36)40-4/h5-16,18,21H,17,19H2,1-4H3,(H2,33,34,38).